The molecule has 0 aromatic heterocycles. The van der Waals surface area contributed by atoms with E-state index in [2.05, 4.69) is 31.9 Å². The Labute approximate surface area is 134 Å². The highest BCUT2D eigenvalue weighted by Gasteiger charge is 2.11. The number of nitrogens with two attached hydrogens (primary N) is 1. The first kappa shape index (κ1) is 15.5. The Bertz CT molecular complexity index is 760. The highest BCUT2D eigenvalue weighted by Crippen LogP contribution is 2.32. The smallest absolute Gasteiger partial charge is 0.238 e. The molecule has 2 aromatic carbocycles. The van der Waals surface area contributed by atoms with E-state index >= 15 is 0 Å². The van der Waals surface area contributed by atoms with Crippen molar-refractivity contribution in [2.24, 2.45) is 5.14 Å². The molecule has 0 aliphatic carbocycles. The predicted octanol–water partition coefficient (Wildman–Crippen LogP) is 3.96. The van der Waals surface area contributed by atoms with Crippen LogP contribution in [0.5, 0.6) is 11.5 Å². The minimum atomic E-state index is -3.72. The fourth-order valence-corrected chi connectivity index (χ4v) is 2.95. The maximum Gasteiger partial charge on any atom is 0.238 e. The van der Waals surface area contributed by atoms with E-state index in [1.165, 1.54) is 12.1 Å². The maximum absolute atomic E-state index is 11.2. The Morgan fingerprint density at radius 1 is 1.05 bits per heavy atom. The van der Waals surface area contributed by atoms with Crippen LogP contribution in [0, 0.1) is 6.92 Å². The first-order valence-electron chi connectivity index (χ1n) is 5.54. The largest absolute Gasteiger partial charge is 0.456 e. The van der Waals surface area contributed by atoms with Crippen LogP contribution in [0.3, 0.4) is 0 Å². The number of aryl methyl sites for hydroxylation is 1. The molecule has 4 nitrogen and oxygen atoms in total. The van der Waals surface area contributed by atoms with E-state index in [4.69, 9.17) is 9.88 Å². The molecule has 0 aliphatic heterocycles. The average molecular weight is 421 g/mol. The van der Waals surface area contributed by atoms with Crippen LogP contribution < -0.4 is 9.88 Å². The first-order chi connectivity index (χ1) is 9.27. The molecule has 106 valence electrons. The van der Waals surface area contributed by atoms with Crippen molar-refractivity contribution in [1.82, 2.24) is 0 Å². The van der Waals surface area contributed by atoms with E-state index < -0.39 is 10.0 Å². The van der Waals surface area contributed by atoms with Crippen molar-refractivity contribution in [1.29, 1.82) is 0 Å². The van der Waals surface area contributed by atoms with Gasteiger partial charge in [-0.3, -0.25) is 0 Å². The molecule has 0 atom stereocenters. The Morgan fingerprint density at radius 2 is 1.75 bits per heavy atom. The van der Waals surface area contributed by atoms with Gasteiger partial charge in [0, 0.05) is 4.47 Å². The topological polar surface area (TPSA) is 69.4 Å². The van der Waals surface area contributed by atoms with Gasteiger partial charge in [0.1, 0.15) is 11.5 Å². The van der Waals surface area contributed by atoms with Crippen molar-refractivity contribution in [2.45, 2.75) is 11.8 Å². The van der Waals surface area contributed by atoms with Gasteiger partial charge in [0.25, 0.3) is 0 Å². The number of sulfonamides is 1. The highest BCUT2D eigenvalue weighted by atomic mass is 79.9. The zero-order chi connectivity index (χ0) is 14.9. The summed E-state index contributed by atoms with van der Waals surface area (Å²) in [4.78, 5) is 0.0312. The summed E-state index contributed by atoms with van der Waals surface area (Å²) in [7, 11) is -3.72. The van der Waals surface area contributed by atoms with E-state index in [1.54, 1.807) is 6.07 Å². The van der Waals surface area contributed by atoms with Gasteiger partial charge in [-0.15, -0.1) is 0 Å². The molecule has 0 amide bonds. The van der Waals surface area contributed by atoms with Crippen LogP contribution in [-0.2, 0) is 10.0 Å². The standard InChI is InChI=1S/C13H11Br2NO3S/c1-8-6-9(2-4-11(8)14)19-13-5-3-10(7-12(13)15)20(16,17)18/h2-7H,1H3,(H2,16,17,18). The molecule has 0 aliphatic rings. The molecule has 0 saturated carbocycles. The maximum atomic E-state index is 11.2. The Morgan fingerprint density at radius 3 is 2.30 bits per heavy atom. The monoisotopic (exact) mass is 419 g/mol. The van der Waals surface area contributed by atoms with Crippen LogP contribution in [0.4, 0.5) is 0 Å². The molecular weight excluding hydrogens is 410 g/mol. The van der Waals surface area contributed by atoms with Gasteiger partial charge >= 0.3 is 0 Å². The van der Waals surface area contributed by atoms with Gasteiger partial charge in [0.05, 0.1) is 9.37 Å². The van der Waals surface area contributed by atoms with Crippen LogP contribution in [0.1, 0.15) is 5.56 Å². The third kappa shape index (κ3) is 3.60. The van der Waals surface area contributed by atoms with Gasteiger partial charge in [-0.25, -0.2) is 13.6 Å². The summed E-state index contributed by atoms with van der Waals surface area (Å²) >= 11 is 6.69. The van der Waals surface area contributed by atoms with Gasteiger partial charge in [0.15, 0.2) is 0 Å². The fraction of sp³-hybridized carbons (Fsp3) is 0.0769. The second-order valence-electron chi connectivity index (χ2n) is 4.15. The summed E-state index contributed by atoms with van der Waals surface area (Å²) in [5, 5.41) is 5.07. The molecule has 0 spiro atoms. The predicted molar refractivity (Wildman–Crippen MR) is 84.5 cm³/mol. The van der Waals surface area contributed by atoms with Crippen molar-refractivity contribution in [3.63, 3.8) is 0 Å². The van der Waals surface area contributed by atoms with Gasteiger partial charge in [-0.05, 0) is 64.8 Å². The molecule has 7 heteroatoms. The molecule has 0 heterocycles. The highest BCUT2D eigenvalue weighted by molar-refractivity contribution is 9.10. The van der Waals surface area contributed by atoms with Crippen LogP contribution >= 0.6 is 31.9 Å². The summed E-state index contributed by atoms with van der Waals surface area (Å²) in [6, 6.07) is 9.96. The number of ether oxygens (including phenoxy) is 1. The van der Waals surface area contributed by atoms with E-state index in [1.807, 2.05) is 25.1 Å². The number of hydrogen-bond donors (Lipinski definition) is 1. The lowest BCUT2D eigenvalue weighted by Gasteiger charge is -2.10. The summed E-state index contributed by atoms with van der Waals surface area (Å²) < 4.78 is 29.7. The van der Waals surface area contributed by atoms with Gasteiger partial charge in [-0.1, -0.05) is 15.9 Å². The number of rotatable bonds is 3. The van der Waals surface area contributed by atoms with E-state index in [-0.39, 0.29) is 4.90 Å². The molecule has 0 fully saturated rings. The van der Waals surface area contributed by atoms with Gasteiger partial charge < -0.3 is 4.74 Å². The lowest BCUT2D eigenvalue weighted by Crippen LogP contribution is -2.11. The van der Waals surface area contributed by atoms with E-state index in [0.29, 0.717) is 16.0 Å². The zero-order valence-electron chi connectivity index (χ0n) is 10.4. The Kier molecular flexibility index (Phi) is 4.53. The SMILES string of the molecule is Cc1cc(Oc2ccc(S(N)(=O)=O)cc2Br)ccc1Br. The molecule has 0 radical (unpaired) electrons. The van der Waals surface area contributed by atoms with Gasteiger partial charge in [-0.2, -0.15) is 0 Å². The van der Waals surface area contributed by atoms with Crippen molar-refractivity contribution < 1.29 is 13.2 Å². The first-order valence-corrected chi connectivity index (χ1v) is 8.67. The van der Waals surface area contributed by atoms with E-state index in [9.17, 15) is 8.42 Å². The second kappa shape index (κ2) is 5.85. The molecule has 0 unspecified atom stereocenters. The number of primary sulfonamides is 1. The van der Waals surface area contributed by atoms with Crippen LogP contribution in [-0.4, -0.2) is 8.42 Å². The number of halogens is 2. The fourth-order valence-electron chi connectivity index (χ4n) is 1.55. The van der Waals surface area contributed by atoms with E-state index in [0.717, 1.165) is 10.0 Å². The van der Waals surface area contributed by atoms with Crippen molar-refractivity contribution in [2.75, 3.05) is 0 Å². The summed E-state index contributed by atoms with van der Waals surface area (Å²) in [6.45, 7) is 1.95. The molecule has 2 N–H and O–H groups in total. The second-order valence-corrected chi connectivity index (χ2v) is 7.42. The van der Waals surface area contributed by atoms with Gasteiger partial charge in [0.2, 0.25) is 10.0 Å². The van der Waals surface area contributed by atoms with Crippen molar-refractivity contribution in [3.8, 4) is 11.5 Å². The van der Waals surface area contributed by atoms with Crippen LogP contribution in [0.25, 0.3) is 0 Å². The lowest BCUT2D eigenvalue weighted by atomic mass is 10.2. The van der Waals surface area contributed by atoms with Crippen LogP contribution in [0.15, 0.2) is 50.2 Å². The Balaban J connectivity index is 2.32. The molecule has 0 bridgehead atoms. The number of hydrogen-bond acceptors (Lipinski definition) is 3. The number of benzene rings is 2. The lowest BCUT2D eigenvalue weighted by molar-refractivity contribution is 0.478. The molecule has 2 aromatic rings. The summed E-state index contributed by atoms with van der Waals surface area (Å²) in [6.07, 6.45) is 0. The van der Waals surface area contributed by atoms with Crippen molar-refractivity contribution >= 4 is 41.9 Å². The minimum absolute atomic E-state index is 0.0312. The quantitative estimate of drug-likeness (QED) is 0.816. The molecule has 0 saturated heterocycles. The Hall–Kier alpha value is -0.890. The van der Waals surface area contributed by atoms with Crippen molar-refractivity contribution in [3.05, 3.63) is 50.9 Å². The molecule has 20 heavy (non-hydrogen) atoms. The summed E-state index contributed by atoms with van der Waals surface area (Å²) in [5.41, 5.74) is 1.04. The van der Waals surface area contributed by atoms with Crippen LogP contribution in [0.2, 0.25) is 0 Å². The minimum Gasteiger partial charge on any atom is -0.456 e. The molecular formula is C13H11Br2NO3S. The zero-order valence-corrected chi connectivity index (χ0v) is 14.4. The third-order valence-electron chi connectivity index (χ3n) is 2.59. The third-order valence-corrected chi connectivity index (χ3v) is 5.01. The molecule has 2 rings (SSSR count). The summed E-state index contributed by atoms with van der Waals surface area (Å²) in [5.74, 6) is 1.17. The average Bonchev–Trinajstić information content (AvgIpc) is 2.35. The normalized spacial score (nSPS) is 11.4.